The lowest BCUT2D eigenvalue weighted by Gasteiger charge is -2.27. The quantitative estimate of drug-likeness (QED) is 0.571. The van der Waals surface area contributed by atoms with Gasteiger partial charge in [0.15, 0.2) is 0 Å². The first kappa shape index (κ1) is 16.4. The molecule has 0 aliphatic rings. The van der Waals surface area contributed by atoms with Crippen LogP contribution in [0.1, 0.15) is 46.5 Å². The minimum absolute atomic E-state index is 0.0722. The van der Waals surface area contributed by atoms with Crippen molar-refractivity contribution in [3.8, 4) is 0 Å². The third-order valence-corrected chi connectivity index (χ3v) is 2.94. The van der Waals surface area contributed by atoms with Crippen LogP contribution < -0.4 is 5.32 Å². The van der Waals surface area contributed by atoms with Crippen LogP contribution in [0.5, 0.6) is 0 Å². The molecule has 0 aliphatic heterocycles. The Morgan fingerprint density at radius 2 is 1.88 bits per heavy atom. The second-order valence-corrected chi connectivity index (χ2v) is 4.43. The average Bonchev–Trinajstić information content (AvgIpc) is 2.33. The molecule has 0 fully saturated rings. The van der Waals surface area contributed by atoms with Crippen molar-refractivity contribution in [1.82, 2.24) is 10.2 Å². The van der Waals surface area contributed by atoms with Gasteiger partial charge >= 0.3 is 0 Å². The molecule has 0 spiro atoms. The normalized spacial score (nSPS) is 12.8. The molecule has 1 amide bonds. The number of hydrogen-bond acceptors (Lipinski definition) is 3. The molecule has 0 saturated carbocycles. The summed E-state index contributed by atoms with van der Waals surface area (Å²) in [6, 6.07) is -0.148. The van der Waals surface area contributed by atoms with Crippen LogP contribution in [0.25, 0.3) is 0 Å². The van der Waals surface area contributed by atoms with Gasteiger partial charge in [0.25, 0.3) is 0 Å². The highest BCUT2D eigenvalue weighted by atomic mass is 16.3. The van der Waals surface area contributed by atoms with Crippen LogP contribution in [0.3, 0.4) is 0 Å². The molecular weight excluding hydrogens is 216 g/mol. The smallest absolute Gasteiger partial charge is 0.237 e. The Hall–Kier alpha value is -0.610. The summed E-state index contributed by atoms with van der Waals surface area (Å²) < 4.78 is 0. The number of aliphatic hydroxyl groups excluding tert-OH is 1. The minimum atomic E-state index is -0.148. The molecule has 0 aromatic heterocycles. The maximum atomic E-state index is 11.9. The van der Waals surface area contributed by atoms with Crippen molar-refractivity contribution in [2.75, 3.05) is 26.2 Å². The molecule has 4 nitrogen and oxygen atoms in total. The van der Waals surface area contributed by atoms with Crippen LogP contribution in [-0.4, -0.2) is 48.2 Å². The third kappa shape index (κ3) is 7.34. The highest BCUT2D eigenvalue weighted by molar-refractivity contribution is 5.81. The molecule has 0 aromatic carbocycles. The lowest BCUT2D eigenvalue weighted by Crippen LogP contribution is -2.46. The minimum Gasteiger partial charge on any atom is -0.395 e. The summed E-state index contributed by atoms with van der Waals surface area (Å²) >= 11 is 0. The Labute approximate surface area is 105 Å². The predicted octanol–water partition coefficient (Wildman–Crippen LogP) is 1.39. The van der Waals surface area contributed by atoms with Crippen LogP contribution in [0.4, 0.5) is 0 Å². The topological polar surface area (TPSA) is 52.6 Å². The van der Waals surface area contributed by atoms with Gasteiger partial charge < -0.3 is 10.4 Å². The lowest BCUT2D eigenvalue weighted by molar-refractivity contribution is -0.126. The number of hydrogen-bond donors (Lipinski definition) is 2. The Bertz CT molecular complexity index is 198. The zero-order valence-electron chi connectivity index (χ0n) is 11.5. The van der Waals surface area contributed by atoms with Gasteiger partial charge in [0.05, 0.1) is 12.6 Å². The molecule has 0 rings (SSSR count). The number of nitrogens with zero attached hydrogens (tertiary/aromatic N) is 1. The molecule has 2 N–H and O–H groups in total. The first-order valence-electron chi connectivity index (χ1n) is 6.79. The van der Waals surface area contributed by atoms with Crippen LogP contribution in [0.2, 0.25) is 0 Å². The van der Waals surface area contributed by atoms with E-state index in [-0.39, 0.29) is 18.6 Å². The van der Waals surface area contributed by atoms with E-state index in [4.69, 9.17) is 5.11 Å². The van der Waals surface area contributed by atoms with Crippen molar-refractivity contribution in [3.63, 3.8) is 0 Å². The molecule has 0 saturated heterocycles. The van der Waals surface area contributed by atoms with Gasteiger partial charge in [-0.15, -0.1) is 0 Å². The van der Waals surface area contributed by atoms with Crippen molar-refractivity contribution in [1.29, 1.82) is 0 Å². The molecule has 102 valence electrons. The third-order valence-electron chi connectivity index (χ3n) is 2.94. The van der Waals surface area contributed by atoms with Crippen molar-refractivity contribution >= 4 is 5.91 Å². The Kier molecular flexibility index (Phi) is 10.2. The number of amides is 1. The molecule has 0 aromatic rings. The van der Waals surface area contributed by atoms with E-state index in [0.717, 1.165) is 38.8 Å². The monoisotopic (exact) mass is 244 g/mol. The van der Waals surface area contributed by atoms with E-state index in [1.54, 1.807) is 0 Å². The zero-order valence-corrected chi connectivity index (χ0v) is 11.5. The van der Waals surface area contributed by atoms with Crippen LogP contribution >= 0.6 is 0 Å². The standard InChI is InChI=1S/C13H28N2O2/c1-4-6-8-14-13(17)12(3)15(10-11-16)9-7-5-2/h12,16H,4-11H2,1-3H3,(H,14,17). The van der Waals surface area contributed by atoms with Crippen LogP contribution in [0, 0.1) is 0 Å². The number of aliphatic hydroxyl groups is 1. The Morgan fingerprint density at radius 3 is 2.41 bits per heavy atom. The molecule has 0 heterocycles. The fraction of sp³-hybridized carbons (Fsp3) is 0.923. The first-order valence-corrected chi connectivity index (χ1v) is 6.79. The summed E-state index contributed by atoms with van der Waals surface area (Å²) in [7, 11) is 0. The molecule has 0 bridgehead atoms. The van der Waals surface area contributed by atoms with Gasteiger partial charge in [0.1, 0.15) is 0 Å². The maximum absolute atomic E-state index is 11.9. The van der Waals surface area contributed by atoms with E-state index in [2.05, 4.69) is 19.2 Å². The highest BCUT2D eigenvalue weighted by Gasteiger charge is 2.19. The summed E-state index contributed by atoms with van der Waals surface area (Å²) in [6.45, 7) is 8.45. The summed E-state index contributed by atoms with van der Waals surface area (Å²) in [5.41, 5.74) is 0. The fourth-order valence-electron chi connectivity index (χ4n) is 1.69. The van der Waals surface area contributed by atoms with Crippen molar-refractivity contribution in [2.24, 2.45) is 0 Å². The van der Waals surface area contributed by atoms with Gasteiger partial charge in [-0.05, 0) is 26.3 Å². The number of rotatable bonds is 10. The summed E-state index contributed by atoms with van der Waals surface area (Å²) in [5, 5.41) is 11.9. The second kappa shape index (κ2) is 10.5. The number of carbonyl (C=O) groups is 1. The van der Waals surface area contributed by atoms with Gasteiger partial charge in [0, 0.05) is 13.1 Å². The van der Waals surface area contributed by atoms with Gasteiger partial charge in [-0.2, -0.15) is 0 Å². The predicted molar refractivity (Wildman–Crippen MR) is 70.9 cm³/mol. The molecule has 17 heavy (non-hydrogen) atoms. The molecule has 0 aliphatic carbocycles. The Morgan fingerprint density at radius 1 is 1.24 bits per heavy atom. The van der Waals surface area contributed by atoms with E-state index in [1.165, 1.54) is 0 Å². The SMILES string of the molecule is CCCCNC(=O)C(C)N(CCO)CCCC. The zero-order chi connectivity index (χ0) is 13.1. The number of nitrogens with one attached hydrogen (secondary N) is 1. The van der Waals surface area contributed by atoms with Crippen LogP contribution in [-0.2, 0) is 4.79 Å². The highest BCUT2D eigenvalue weighted by Crippen LogP contribution is 2.02. The summed E-state index contributed by atoms with van der Waals surface area (Å²) in [6.07, 6.45) is 4.27. The van der Waals surface area contributed by atoms with Gasteiger partial charge in [-0.1, -0.05) is 26.7 Å². The van der Waals surface area contributed by atoms with Crippen molar-refractivity contribution in [3.05, 3.63) is 0 Å². The van der Waals surface area contributed by atoms with E-state index in [0.29, 0.717) is 6.54 Å². The lowest BCUT2D eigenvalue weighted by atomic mass is 10.2. The van der Waals surface area contributed by atoms with Crippen molar-refractivity contribution < 1.29 is 9.90 Å². The average molecular weight is 244 g/mol. The van der Waals surface area contributed by atoms with E-state index in [1.807, 2.05) is 11.8 Å². The fourth-order valence-corrected chi connectivity index (χ4v) is 1.69. The van der Waals surface area contributed by atoms with Crippen LogP contribution in [0.15, 0.2) is 0 Å². The van der Waals surface area contributed by atoms with E-state index < -0.39 is 0 Å². The molecule has 4 heteroatoms. The largest absolute Gasteiger partial charge is 0.395 e. The summed E-state index contributed by atoms with van der Waals surface area (Å²) in [4.78, 5) is 13.9. The molecular formula is C13H28N2O2. The number of carbonyl (C=O) groups excluding carboxylic acids is 1. The maximum Gasteiger partial charge on any atom is 0.237 e. The molecule has 1 atom stereocenters. The number of unbranched alkanes of at least 4 members (excludes halogenated alkanes) is 2. The van der Waals surface area contributed by atoms with E-state index in [9.17, 15) is 4.79 Å². The van der Waals surface area contributed by atoms with Crippen molar-refractivity contribution in [2.45, 2.75) is 52.5 Å². The van der Waals surface area contributed by atoms with Gasteiger partial charge in [0.2, 0.25) is 5.91 Å². The summed E-state index contributed by atoms with van der Waals surface area (Å²) in [5.74, 6) is 0.0722. The van der Waals surface area contributed by atoms with Gasteiger partial charge in [-0.25, -0.2) is 0 Å². The first-order chi connectivity index (χ1) is 8.17. The Balaban J connectivity index is 4.08. The molecule has 1 unspecified atom stereocenters. The second-order valence-electron chi connectivity index (χ2n) is 4.43. The van der Waals surface area contributed by atoms with Gasteiger partial charge in [-0.3, -0.25) is 9.69 Å². The molecule has 0 radical (unpaired) electrons. The van der Waals surface area contributed by atoms with E-state index >= 15 is 0 Å².